The van der Waals surface area contributed by atoms with E-state index >= 15 is 0 Å². The highest BCUT2D eigenvalue weighted by molar-refractivity contribution is 6.43. The summed E-state index contributed by atoms with van der Waals surface area (Å²) in [5.41, 5.74) is 0. The molecule has 1 atom stereocenters. The molecular weight excluding hydrogens is 86.9 g/mol. The third kappa shape index (κ3) is 1.06. The molecule has 1 rings (SSSR count). The van der Waals surface area contributed by atoms with Gasteiger partial charge in [-0.3, -0.25) is 0 Å². The molecule has 1 heterocycles. The summed E-state index contributed by atoms with van der Waals surface area (Å²) < 4.78 is 4.99. The van der Waals surface area contributed by atoms with E-state index in [9.17, 15) is 0 Å². The smallest absolute Gasteiger partial charge is 0.144 e. The molecule has 0 amide bonds. The van der Waals surface area contributed by atoms with Crippen LogP contribution in [0.4, 0.5) is 0 Å². The monoisotopic (exact) mass is 95.1 g/mol. The van der Waals surface area contributed by atoms with E-state index in [1.807, 2.05) is 5.98 Å². The van der Waals surface area contributed by atoms with Gasteiger partial charge in [-0.05, 0) is 6.32 Å². The van der Waals surface area contributed by atoms with Crippen LogP contribution < -0.4 is 0 Å². The predicted octanol–water partition coefficient (Wildman–Crippen LogP) is 0.651. The number of hydrogen-bond acceptors (Lipinski definition) is 1. The molecule has 0 aliphatic carbocycles. The molecule has 0 N–H and O–H groups in total. The quantitative estimate of drug-likeness (QED) is 0.434. The number of rotatable bonds is 1. The molecule has 0 spiro atoms. The summed E-state index contributed by atoms with van der Waals surface area (Å²) in [6.07, 6.45) is 3.47. The van der Waals surface area contributed by atoms with Crippen LogP contribution in [0.2, 0.25) is 6.32 Å². The Kier molecular flexibility index (Phi) is 1.52. The molecule has 0 saturated heterocycles. The van der Waals surface area contributed by atoms with Gasteiger partial charge in [-0.2, -0.15) is 0 Å². The maximum absolute atomic E-state index is 4.99. The van der Waals surface area contributed by atoms with Crippen LogP contribution in [0, 0.1) is 0 Å². The summed E-state index contributed by atoms with van der Waals surface area (Å²) in [5, 5.41) is 0. The fourth-order valence-electron chi connectivity index (χ4n) is 0.669. The Labute approximate surface area is 44.6 Å². The maximum atomic E-state index is 4.99. The lowest BCUT2D eigenvalue weighted by atomic mass is 9.79. The minimum atomic E-state index is 0.361. The Morgan fingerprint density at radius 2 is 2.71 bits per heavy atom. The molecule has 0 fully saturated rings. The van der Waals surface area contributed by atoms with Crippen molar-refractivity contribution in [2.45, 2.75) is 12.4 Å². The molecule has 1 nitrogen and oxygen atoms in total. The van der Waals surface area contributed by atoms with Crippen molar-refractivity contribution in [2.24, 2.45) is 0 Å². The van der Waals surface area contributed by atoms with Crippen molar-refractivity contribution >= 4 is 7.28 Å². The first-order valence-electron chi connectivity index (χ1n) is 2.46. The molecule has 1 unspecified atom stereocenters. The highest BCUT2D eigenvalue weighted by Gasteiger charge is 2.05. The predicted molar refractivity (Wildman–Crippen MR) is 30.5 cm³/mol. The van der Waals surface area contributed by atoms with Crippen molar-refractivity contribution in [1.29, 1.82) is 0 Å². The van der Waals surface area contributed by atoms with Crippen LogP contribution in [0.1, 0.15) is 0 Å². The van der Waals surface area contributed by atoms with Crippen molar-refractivity contribution in [3.05, 3.63) is 12.1 Å². The lowest BCUT2D eigenvalue weighted by Crippen LogP contribution is -2.01. The van der Waals surface area contributed by atoms with E-state index in [2.05, 4.69) is 13.4 Å². The zero-order valence-electron chi connectivity index (χ0n) is 4.42. The molecule has 0 aromatic heterocycles. The van der Waals surface area contributed by atoms with Gasteiger partial charge in [0.15, 0.2) is 0 Å². The lowest BCUT2D eigenvalue weighted by Gasteiger charge is -2.00. The number of ether oxygens (including phenoxy) is 1. The molecule has 0 saturated carbocycles. The van der Waals surface area contributed by atoms with E-state index in [4.69, 9.17) is 4.74 Å². The molecule has 0 aromatic rings. The minimum Gasteiger partial charge on any atom is -0.378 e. The van der Waals surface area contributed by atoms with Crippen LogP contribution in [0.25, 0.3) is 0 Å². The van der Waals surface area contributed by atoms with Gasteiger partial charge in [0.1, 0.15) is 7.28 Å². The summed E-state index contributed by atoms with van der Waals surface area (Å²) in [5.74, 6) is 2.04. The second kappa shape index (κ2) is 2.17. The van der Waals surface area contributed by atoms with E-state index in [1.165, 1.54) is 0 Å². The molecule has 0 aromatic carbocycles. The summed E-state index contributed by atoms with van der Waals surface area (Å²) in [6, 6.07) is 0. The molecular formula is C5H8BO. The van der Waals surface area contributed by atoms with Crippen molar-refractivity contribution in [3.8, 4) is 0 Å². The van der Waals surface area contributed by atoms with E-state index < -0.39 is 0 Å². The summed E-state index contributed by atoms with van der Waals surface area (Å²) in [6.45, 7) is 0. The van der Waals surface area contributed by atoms with Crippen molar-refractivity contribution in [3.63, 3.8) is 0 Å². The second-order valence-corrected chi connectivity index (χ2v) is 1.63. The number of methoxy groups -OCH3 is 1. The molecule has 1 radical (unpaired) electrons. The first kappa shape index (κ1) is 4.91. The summed E-state index contributed by atoms with van der Waals surface area (Å²) in [4.78, 5) is 0. The zero-order valence-corrected chi connectivity index (χ0v) is 4.42. The lowest BCUT2D eigenvalue weighted by molar-refractivity contribution is 0.158. The van der Waals surface area contributed by atoms with Crippen molar-refractivity contribution in [1.82, 2.24) is 0 Å². The van der Waals surface area contributed by atoms with Crippen molar-refractivity contribution in [2.75, 3.05) is 7.11 Å². The van der Waals surface area contributed by atoms with Crippen LogP contribution in [0.15, 0.2) is 12.1 Å². The highest BCUT2D eigenvalue weighted by Crippen LogP contribution is 2.04. The van der Waals surface area contributed by atoms with E-state index in [0.717, 1.165) is 6.32 Å². The fraction of sp³-hybridized carbons (Fsp3) is 0.600. The van der Waals surface area contributed by atoms with Gasteiger partial charge >= 0.3 is 0 Å². The van der Waals surface area contributed by atoms with E-state index in [0.29, 0.717) is 6.10 Å². The first-order chi connectivity index (χ1) is 3.43. The minimum absolute atomic E-state index is 0.361. The summed E-state index contributed by atoms with van der Waals surface area (Å²) >= 11 is 0. The highest BCUT2D eigenvalue weighted by atomic mass is 16.5. The Morgan fingerprint density at radius 1 is 1.86 bits per heavy atom. The SMILES string of the molecule is COC1C=C[B]C1. The van der Waals surface area contributed by atoms with Crippen LogP contribution in [0.3, 0.4) is 0 Å². The van der Waals surface area contributed by atoms with Gasteiger partial charge in [0.25, 0.3) is 0 Å². The average Bonchev–Trinajstić information content (AvgIpc) is 2.14. The Bertz CT molecular complexity index is 80.1. The summed E-state index contributed by atoms with van der Waals surface area (Å²) in [7, 11) is 3.84. The third-order valence-corrected chi connectivity index (χ3v) is 1.13. The molecule has 0 bridgehead atoms. The van der Waals surface area contributed by atoms with Gasteiger partial charge < -0.3 is 4.74 Å². The second-order valence-electron chi connectivity index (χ2n) is 1.63. The Hall–Kier alpha value is -0.235. The maximum Gasteiger partial charge on any atom is 0.144 e. The van der Waals surface area contributed by atoms with E-state index in [-0.39, 0.29) is 0 Å². The molecule has 1 aliphatic rings. The first-order valence-corrected chi connectivity index (χ1v) is 2.46. The third-order valence-electron chi connectivity index (χ3n) is 1.13. The van der Waals surface area contributed by atoms with Crippen LogP contribution in [-0.2, 0) is 4.74 Å². The van der Waals surface area contributed by atoms with Gasteiger partial charge in [-0.15, -0.1) is 5.98 Å². The van der Waals surface area contributed by atoms with Gasteiger partial charge in [-0.25, -0.2) is 0 Å². The Balaban J connectivity index is 2.28. The van der Waals surface area contributed by atoms with Gasteiger partial charge in [-0.1, -0.05) is 6.08 Å². The number of hydrogen-bond donors (Lipinski definition) is 0. The average molecular weight is 94.9 g/mol. The molecule has 37 valence electrons. The normalized spacial score (nSPS) is 27.9. The fourth-order valence-corrected chi connectivity index (χ4v) is 0.669. The van der Waals surface area contributed by atoms with Gasteiger partial charge in [0, 0.05) is 7.11 Å². The van der Waals surface area contributed by atoms with Crippen molar-refractivity contribution < 1.29 is 4.74 Å². The standard InChI is InChI=1S/C5H8BO/c1-7-5-2-3-6-4-5/h2-3,5H,4H2,1H3. The zero-order chi connectivity index (χ0) is 5.11. The van der Waals surface area contributed by atoms with Crippen LogP contribution in [0.5, 0.6) is 0 Å². The van der Waals surface area contributed by atoms with Gasteiger partial charge in [0.2, 0.25) is 0 Å². The van der Waals surface area contributed by atoms with Crippen LogP contribution >= 0.6 is 0 Å². The van der Waals surface area contributed by atoms with Crippen LogP contribution in [-0.4, -0.2) is 20.5 Å². The van der Waals surface area contributed by atoms with E-state index in [1.54, 1.807) is 7.11 Å². The van der Waals surface area contributed by atoms with Gasteiger partial charge in [0.05, 0.1) is 6.10 Å². The topological polar surface area (TPSA) is 9.23 Å². The molecule has 2 heteroatoms. The Morgan fingerprint density at radius 3 is 3.00 bits per heavy atom. The molecule has 7 heavy (non-hydrogen) atoms. The molecule has 1 aliphatic heterocycles. The largest absolute Gasteiger partial charge is 0.378 e.